The summed E-state index contributed by atoms with van der Waals surface area (Å²) in [6, 6.07) is 12.6. The summed E-state index contributed by atoms with van der Waals surface area (Å²) in [5.41, 5.74) is 3.05. The van der Waals surface area contributed by atoms with Crippen LogP contribution in [0.15, 0.2) is 42.5 Å². The molecule has 0 unspecified atom stereocenters. The molecule has 2 aromatic carbocycles. The Morgan fingerprint density at radius 2 is 1.68 bits per heavy atom. The number of carbonyl (C=O) groups excluding carboxylic acids is 2. The van der Waals surface area contributed by atoms with Crippen molar-refractivity contribution >= 4 is 40.5 Å². The second-order valence-corrected chi connectivity index (χ2v) is 6.50. The van der Waals surface area contributed by atoms with E-state index in [9.17, 15) is 9.59 Å². The van der Waals surface area contributed by atoms with Gasteiger partial charge >= 0.3 is 0 Å². The Bertz CT molecular complexity index is 775. The van der Waals surface area contributed by atoms with Crippen molar-refractivity contribution in [2.75, 3.05) is 22.5 Å². The van der Waals surface area contributed by atoms with Crippen LogP contribution in [0.25, 0.3) is 0 Å². The summed E-state index contributed by atoms with van der Waals surface area (Å²) >= 11 is 6.05. The molecule has 2 aromatic rings. The first-order valence-electron chi connectivity index (χ1n) is 8.06. The number of amides is 2. The van der Waals surface area contributed by atoms with Gasteiger partial charge in [-0.25, -0.2) is 0 Å². The van der Waals surface area contributed by atoms with Crippen LogP contribution in [0.3, 0.4) is 0 Å². The predicted molar refractivity (Wildman–Crippen MR) is 103 cm³/mol. The fourth-order valence-corrected chi connectivity index (χ4v) is 2.23. The monoisotopic (exact) mass is 359 g/mol. The van der Waals surface area contributed by atoms with Crippen molar-refractivity contribution < 1.29 is 9.59 Å². The highest BCUT2D eigenvalue weighted by Crippen LogP contribution is 2.20. The van der Waals surface area contributed by atoms with Crippen LogP contribution in [0.2, 0.25) is 5.02 Å². The fourth-order valence-electron chi connectivity index (χ4n) is 2.05. The lowest BCUT2D eigenvalue weighted by molar-refractivity contribution is -0.119. The number of aryl methyl sites for hydroxylation is 1. The normalized spacial score (nSPS) is 10.4. The first-order chi connectivity index (χ1) is 11.8. The number of rotatable bonds is 6. The maximum atomic E-state index is 12.0. The van der Waals surface area contributed by atoms with E-state index in [2.05, 4.69) is 16.0 Å². The molecule has 3 N–H and O–H groups in total. The quantitative estimate of drug-likeness (QED) is 0.720. The molecule has 2 amide bonds. The summed E-state index contributed by atoms with van der Waals surface area (Å²) in [6.07, 6.45) is 0. The Morgan fingerprint density at radius 3 is 2.36 bits per heavy atom. The van der Waals surface area contributed by atoms with E-state index in [0.717, 1.165) is 11.3 Å². The molecule has 6 heteroatoms. The molecule has 0 aromatic heterocycles. The van der Waals surface area contributed by atoms with Crippen LogP contribution >= 0.6 is 11.6 Å². The summed E-state index contributed by atoms with van der Waals surface area (Å²) in [6.45, 7) is 5.67. The van der Waals surface area contributed by atoms with E-state index < -0.39 is 0 Å². The molecule has 0 aliphatic rings. The van der Waals surface area contributed by atoms with Gasteiger partial charge in [0.05, 0.1) is 6.54 Å². The number of hydrogen-bond acceptors (Lipinski definition) is 3. The van der Waals surface area contributed by atoms with Gasteiger partial charge < -0.3 is 16.0 Å². The van der Waals surface area contributed by atoms with E-state index in [0.29, 0.717) is 16.4 Å². The largest absolute Gasteiger partial charge is 0.376 e. The second-order valence-electron chi connectivity index (χ2n) is 6.09. The smallest absolute Gasteiger partial charge is 0.243 e. The third-order valence-corrected chi connectivity index (χ3v) is 3.97. The molecule has 0 atom stereocenters. The minimum Gasteiger partial charge on any atom is -0.376 e. The summed E-state index contributed by atoms with van der Waals surface area (Å²) in [4.78, 5) is 23.8. The Morgan fingerprint density at radius 1 is 1.00 bits per heavy atom. The summed E-state index contributed by atoms with van der Waals surface area (Å²) in [7, 11) is 0. The van der Waals surface area contributed by atoms with Gasteiger partial charge in [-0.1, -0.05) is 37.6 Å². The average Bonchev–Trinajstić information content (AvgIpc) is 2.56. The highest BCUT2D eigenvalue weighted by molar-refractivity contribution is 6.31. The zero-order valence-electron chi connectivity index (χ0n) is 14.5. The van der Waals surface area contributed by atoms with Gasteiger partial charge in [-0.05, 0) is 42.8 Å². The number of carbonyl (C=O) groups is 2. The van der Waals surface area contributed by atoms with Crippen molar-refractivity contribution in [1.29, 1.82) is 0 Å². The molecule has 0 aliphatic carbocycles. The minimum atomic E-state index is -0.184. The third kappa shape index (κ3) is 5.80. The van der Waals surface area contributed by atoms with Crippen molar-refractivity contribution in [2.45, 2.75) is 20.8 Å². The maximum absolute atomic E-state index is 12.0. The zero-order chi connectivity index (χ0) is 18.4. The van der Waals surface area contributed by atoms with E-state index in [1.807, 2.05) is 39.0 Å². The van der Waals surface area contributed by atoms with Gasteiger partial charge in [0.25, 0.3) is 0 Å². The Kier molecular flexibility index (Phi) is 6.42. The molecule has 0 fully saturated rings. The number of benzene rings is 2. The van der Waals surface area contributed by atoms with Gasteiger partial charge in [0.2, 0.25) is 11.8 Å². The summed E-state index contributed by atoms with van der Waals surface area (Å²) < 4.78 is 0. The SMILES string of the molecule is Cc1ccc(NC(=O)CNc2cccc(NC(=O)C(C)C)c2)cc1Cl. The van der Waals surface area contributed by atoms with Gasteiger partial charge in [-0.3, -0.25) is 9.59 Å². The molecule has 0 radical (unpaired) electrons. The molecule has 0 spiro atoms. The molecule has 0 saturated heterocycles. The summed E-state index contributed by atoms with van der Waals surface area (Å²) in [5, 5.41) is 9.26. The first kappa shape index (κ1) is 18.8. The van der Waals surface area contributed by atoms with Gasteiger partial charge in [-0.15, -0.1) is 0 Å². The lowest BCUT2D eigenvalue weighted by Gasteiger charge is -2.11. The van der Waals surface area contributed by atoms with Crippen LogP contribution < -0.4 is 16.0 Å². The van der Waals surface area contributed by atoms with Gasteiger partial charge in [0.15, 0.2) is 0 Å². The molecule has 0 saturated carbocycles. The van der Waals surface area contributed by atoms with E-state index in [-0.39, 0.29) is 24.3 Å². The molecule has 0 bridgehead atoms. The second kappa shape index (κ2) is 8.53. The number of nitrogens with one attached hydrogen (secondary N) is 3. The predicted octanol–water partition coefficient (Wildman–Crippen LogP) is 4.29. The molecule has 0 aliphatic heterocycles. The maximum Gasteiger partial charge on any atom is 0.243 e. The molecular weight excluding hydrogens is 338 g/mol. The molecule has 2 rings (SSSR count). The molecule has 25 heavy (non-hydrogen) atoms. The van der Waals surface area contributed by atoms with Crippen LogP contribution in [0.4, 0.5) is 17.1 Å². The standard InChI is InChI=1S/C19H22ClN3O2/c1-12(2)19(25)23-15-6-4-5-14(9-15)21-11-18(24)22-16-8-7-13(3)17(20)10-16/h4-10,12,21H,11H2,1-3H3,(H,22,24)(H,23,25). The molecule has 132 valence electrons. The van der Waals surface area contributed by atoms with Crippen LogP contribution in [0.5, 0.6) is 0 Å². The van der Waals surface area contributed by atoms with Gasteiger partial charge in [0.1, 0.15) is 0 Å². The van der Waals surface area contributed by atoms with E-state index in [1.165, 1.54) is 0 Å². The van der Waals surface area contributed by atoms with E-state index in [1.54, 1.807) is 24.3 Å². The number of hydrogen-bond donors (Lipinski definition) is 3. The van der Waals surface area contributed by atoms with E-state index in [4.69, 9.17) is 11.6 Å². The van der Waals surface area contributed by atoms with Crippen LogP contribution in [0, 0.1) is 12.8 Å². The van der Waals surface area contributed by atoms with Crippen LogP contribution in [-0.2, 0) is 9.59 Å². The van der Waals surface area contributed by atoms with Gasteiger partial charge in [-0.2, -0.15) is 0 Å². The first-order valence-corrected chi connectivity index (χ1v) is 8.44. The number of halogens is 1. The van der Waals surface area contributed by atoms with Gasteiger partial charge in [0, 0.05) is 28.0 Å². The Labute approximate surface area is 152 Å². The van der Waals surface area contributed by atoms with Crippen molar-refractivity contribution in [3.8, 4) is 0 Å². The highest BCUT2D eigenvalue weighted by atomic mass is 35.5. The Balaban J connectivity index is 1.91. The average molecular weight is 360 g/mol. The molecule has 0 heterocycles. The van der Waals surface area contributed by atoms with Crippen LogP contribution in [0.1, 0.15) is 19.4 Å². The van der Waals surface area contributed by atoms with Crippen molar-refractivity contribution in [3.05, 3.63) is 53.1 Å². The zero-order valence-corrected chi connectivity index (χ0v) is 15.3. The number of anilines is 3. The van der Waals surface area contributed by atoms with Crippen LogP contribution in [-0.4, -0.2) is 18.4 Å². The lowest BCUT2D eigenvalue weighted by atomic mass is 10.2. The van der Waals surface area contributed by atoms with Crippen molar-refractivity contribution in [2.24, 2.45) is 5.92 Å². The fraction of sp³-hybridized carbons (Fsp3) is 0.263. The highest BCUT2D eigenvalue weighted by Gasteiger charge is 2.08. The van der Waals surface area contributed by atoms with E-state index >= 15 is 0 Å². The molecule has 5 nitrogen and oxygen atoms in total. The topological polar surface area (TPSA) is 70.2 Å². The van der Waals surface area contributed by atoms with Crippen molar-refractivity contribution in [1.82, 2.24) is 0 Å². The Hall–Kier alpha value is -2.53. The molecular formula is C19H22ClN3O2. The minimum absolute atomic E-state index is 0.0499. The van der Waals surface area contributed by atoms with Crippen molar-refractivity contribution in [3.63, 3.8) is 0 Å². The third-order valence-electron chi connectivity index (χ3n) is 3.56. The lowest BCUT2D eigenvalue weighted by Crippen LogP contribution is -2.22. The summed E-state index contributed by atoms with van der Waals surface area (Å²) in [5.74, 6) is -0.327.